The average Bonchev–Trinajstić information content (AvgIpc) is 3.24. The highest BCUT2D eigenvalue weighted by Crippen LogP contribution is 2.28. The van der Waals surface area contributed by atoms with E-state index < -0.39 is 0 Å². The molecule has 0 spiro atoms. The monoisotopic (exact) mass is 875 g/mol. The Hall–Kier alpha value is -1.88. The zero-order valence-electron chi connectivity index (χ0n) is 44.5. The first kappa shape index (κ1) is 55.4. The van der Waals surface area contributed by atoms with Crippen molar-refractivity contribution >= 4 is 0 Å². The Balaban J connectivity index is 0.000000227. The van der Waals surface area contributed by atoms with E-state index in [0.29, 0.717) is 53.9 Å². The van der Waals surface area contributed by atoms with Gasteiger partial charge in [0.05, 0.1) is 0 Å². The van der Waals surface area contributed by atoms with E-state index in [0.717, 1.165) is 18.6 Å². The summed E-state index contributed by atoms with van der Waals surface area (Å²) in [4.78, 5) is 20.8. The van der Waals surface area contributed by atoms with E-state index in [1.807, 2.05) is 0 Å². The lowest BCUT2D eigenvalue weighted by atomic mass is 10.00. The van der Waals surface area contributed by atoms with Crippen LogP contribution in [0.25, 0.3) is 0 Å². The maximum atomic E-state index is 2.67. The van der Waals surface area contributed by atoms with Gasteiger partial charge in [0.1, 0.15) is 0 Å². The van der Waals surface area contributed by atoms with Gasteiger partial charge < -0.3 is 0 Å². The van der Waals surface area contributed by atoms with Crippen LogP contribution in [-0.4, -0.2) is 184 Å². The van der Waals surface area contributed by atoms with Gasteiger partial charge in [0, 0.05) is 151 Å². The fourth-order valence-corrected chi connectivity index (χ4v) is 10.1. The largest absolute Gasteiger partial charge is 0.298 e. The lowest BCUT2D eigenvalue weighted by Gasteiger charge is -2.47. The molecule has 3 unspecified atom stereocenters. The lowest BCUT2D eigenvalue weighted by Crippen LogP contribution is -2.58. The number of benzene rings is 2. The van der Waals surface area contributed by atoms with Crippen LogP contribution < -0.4 is 0 Å². The minimum atomic E-state index is 0.331. The van der Waals surface area contributed by atoms with Crippen LogP contribution in [0.5, 0.6) is 0 Å². The number of nitrogens with zero attached hydrogens (tertiary/aromatic N) is 8. The summed E-state index contributed by atoms with van der Waals surface area (Å²) < 4.78 is 0. The van der Waals surface area contributed by atoms with Gasteiger partial charge in [0.15, 0.2) is 0 Å². The summed E-state index contributed by atoms with van der Waals surface area (Å²) >= 11 is 0. The predicted octanol–water partition coefficient (Wildman–Crippen LogP) is 9.81. The standard InChI is InChI=1S/C17H28N2.C16H26N2.C12H26N2.C10H22N2/c1-14(2)18-10-11-19(15(3)4)17(13-18)12-16-8-6-5-7-9-16;1-13(2)17-10-11-18(14(3)4)16(12-17)15-8-6-5-7-9-15;1-10(2)14-8-7-13(9-11(14)3)12(4,5)6;1-9(2)11-5-7-12(8-6-11)10(3)4/h5-9,14-15,17H,10-13H2,1-4H3;5-9,13-14,16H,10-12H2,1-4H3;10-11H,7-9H2,1-6H3;9-10H,5-8H2,1-4H3. The molecule has 2 aromatic carbocycles. The van der Waals surface area contributed by atoms with Crippen molar-refractivity contribution in [3.63, 3.8) is 0 Å². The molecule has 0 aliphatic carbocycles. The minimum absolute atomic E-state index is 0.331. The van der Waals surface area contributed by atoms with E-state index >= 15 is 0 Å². The fraction of sp³-hybridized carbons (Fsp3) is 0.782. The van der Waals surface area contributed by atoms with Gasteiger partial charge in [-0.3, -0.25) is 39.2 Å². The molecule has 8 nitrogen and oxygen atoms in total. The molecule has 6 rings (SSSR count). The topological polar surface area (TPSA) is 25.9 Å². The van der Waals surface area contributed by atoms with Crippen LogP contribution >= 0.6 is 0 Å². The molecule has 0 amide bonds. The number of rotatable bonds is 10. The van der Waals surface area contributed by atoms with Crippen LogP contribution in [0.2, 0.25) is 0 Å². The summed E-state index contributed by atoms with van der Waals surface area (Å²) in [5.74, 6) is 0. The maximum absolute atomic E-state index is 2.67. The van der Waals surface area contributed by atoms with Crippen LogP contribution in [0.1, 0.15) is 142 Å². The predicted molar refractivity (Wildman–Crippen MR) is 276 cm³/mol. The zero-order valence-corrected chi connectivity index (χ0v) is 44.5. The van der Waals surface area contributed by atoms with Gasteiger partial charge in [-0.1, -0.05) is 60.7 Å². The second kappa shape index (κ2) is 27.1. The molecule has 4 aliphatic heterocycles. The third kappa shape index (κ3) is 18.4. The summed E-state index contributed by atoms with van der Waals surface area (Å²) in [6, 6.07) is 28.4. The Morgan fingerprint density at radius 2 is 0.825 bits per heavy atom. The number of hydrogen-bond donors (Lipinski definition) is 0. The van der Waals surface area contributed by atoms with Crippen LogP contribution in [0.3, 0.4) is 0 Å². The van der Waals surface area contributed by atoms with Crippen LogP contribution in [0.15, 0.2) is 60.7 Å². The maximum Gasteiger partial charge on any atom is 0.0478 e. The van der Waals surface area contributed by atoms with Crippen molar-refractivity contribution in [1.82, 2.24) is 39.2 Å². The highest BCUT2D eigenvalue weighted by atomic mass is 15.3. The summed E-state index contributed by atoms with van der Waals surface area (Å²) in [6.07, 6.45) is 1.17. The molecule has 4 aliphatic rings. The molecule has 4 fully saturated rings. The number of piperazine rings is 4. The van der Waals surface area contributed by atoms with Crippen LogP contribution in [0, 0.1) is 0 Å². The van der Waals surface area contributed by atoms with E-state index in [1.165, 1.54) is 96.1 Å². The number of hydrogen-bond acceptors (Lipinski definition) is 8. The molecule has 0 saturated carbocycles. The van der Waals surface area contributed by atoms with Gasteiger partial charge in [-0.25, -0.2) is 0 Å². The van der Waals surface area contributed by atoms with Crippen molar-refractivity contribution < 1.29 is 0 Å². The minimum Gasteiger partial charge on any atom is -0.298 e. The molecule has 3 atom stereocenters. The van der Waals surface area contributed by atoms with Crippen molar-refractivity contribution in [2.75, 3.05) is 85.1 Å². The normalized spacial score (nSPS) is 23.6. The second-order valence-corrected chi connectivity index (χ2v) is 22.2. The smallest absolute Gasteiger partial charge is 0.0478 e. The third-order valence-electron chi connectivity index (χ3n) is 14.4. The Morgan fingerprint density at radius 3 is 1.24 bits per heavy atom. The molecule has 0 bridgehead atoms. The molecule has 2 aromatic rings. The average molecular weight is 875 g/mol. The Bertz CT molecular complexity index is 1450. The second-order valence-electron chi connectivity index (χ2n) is 22.2. The summed E-state index contributed by atoms with van der Waals surface area (Å²) in [5, 5.41) is 0. The van der Waals surface area contributed by atoms with Gasteiger partial charge in [0.25, 0.3) is 0 Å². The van der Waals surface area contributed by atoms with Crippen molar-refractivity contribution in [3.05, 3.63) is 71.8 Å². The Labute approximate surface area is 391 Å². The summed E-state index contributed by atoms with van der Waals surface area (Å²) in [7, 11) is 0. The van der Waals surface area contributed by atoms with Crippen molar-refractivity contribution in [2.24, 2.45) is 0 Å². The van der Waals surface area contributed by atoms with Gasteiger partial charge in [-0.05, 0) is 142 Å². The molecule has 8 heteroatoms. The van der Waals surface area contributed by atoms with Crippen molar-refractivity contribution in [3.8, 4) is 0 Å². The third-order valence-corrected chi connectivity index (χ3v) is 14.4. The van der Waals surface area contributed by atoms with Gasteiger partial charge in [-0.2, -0.15) is 0 Å². The van der Waals surface area contributed by atoms with E-state index in [9.17, 15) is 0 Å². The molecule has 0 N–H and O–H groups in total. The fourth-order valence-electron chi connectivity index (χ4n) is 10.1. The molecular formula is C55H102N8. The first-order chi connectivity index (χ1) is 29.6. The first-order valence-electron chi connectivity index (χ1n) is 25.7. The molecule has 0 aromatic heterocycles. The summed E-state index contributed by atoms with van der Waals surface area (Å²) in [5.41, 5.74) is 3.25. The highest BCUT2D eigenvalue weighted by molar-refractivity contribution is 5.20. The molecule has 63 heavy (non-hydrogen) atoms. The molecule has 362 valence electrons. The quantitative estimate of drug-likeness (QED) is 0.233. The van der Waals surface area contributed by atoms with Gasteiger partial charge in [0.2, 0.25) is 0 Å². The molecular weight excluding hydrogens is 773 g/mol. The molecule has 0 radical (unpaired) electrons. The van der Waals surface area contributed by atoms with Crippen LogP contribution in [0.4, 0.5) is 0 Å². The highest BCUT2D eigenvalue weighted by Gasteiger charge is 2.33. The van der Waals surface area contributed by atoms with Gasteiger partial charge >= 0.3 is 0 Å². The van der Waals surface area contributed by atoms with Crippen molar-refractivity contribution in [1.29, 1.82) is 0 Å². The SMILES string of the molecule is CC(C)N1CCN(C(C)(C)C)CC1C.CC(C)N1CCN(C(C)C)C(Cc2ccccc2)C1.CC(C)N1CCN(C(C)C)C(c2ccccc2)C1.CC(C)N1CCN(C(C)C)CC1. The van der Waals surface area contributed by atoms with E-state index in [2.05, 4.69) is 224 Å². The zero-order chi connectivity index (χ0) is 47.0. The first-order valence-corrected chi connectivity index (χ1v) is 25.7. The van der Waals surface area contributed by atoms with E-state index in [-0.39, 0.29) is 0 Å². The van der Waals surface area contributed by atoms with E-state index in [1.54, 1.807) is 0 Å². The lowest BCUT2D eigenvalue weighted by molar-refractivity contribution is 0.0137. The Morgan fingerprint density at radius 1 is 0.429 bits per heavy atom. The van der Waals surface area contributed by atoms with E-state index in [4.69, 9.17) is 0 Å². The van der Waals surface area contributed by atoms with Gasteiger partial charge in [-0.15, -0.1) is 0 Å². The summed E-state index contributed by atoms with van der Waals surface area (Å²) in [6.45, 7) is 57.2. The molecule has 4 heterocycles. The van der Waals surface area contributed by atoms with Crippen molar-refractivity contribution in [2.45, 2.75) is 197 Å². The van der Waals surface area contributed by atoms with Crippen LogP contribution in [-0.2, 0) is 6.42 Å². The molecule has 4 saturated heterocycles. The Kier molecular flexibility index (Phi) is 23.8.